The smallest absolute Gasteiger partial charge is 0.364 e. The van der Waals surface area contributed by atoms with E-state index in [1.807, 2.05) is 0 Å². The number of nitrogens with zero attached hydrogens (tertiary/aromatic N) is 7. The summed E-state index contributed by atoms with van der Waals surface area (Å²) in [6.45, 7) is 0.304. The van der Waals surface area contributed by atoms with Gasteiger partial charge in [-0.25, -0.2) is 4.79 Å². The summed E-state index contributed by atoms with van der Waals surface area (Å²) < 4.78 is 22.1. The van der Waals surface area contributed by atoms with Crippen LogP contribution in [-0.2, 0) is 19.0 Å². The van der Waals surface area contributed by atoms with E-state index in [9.17, 15) is 45.5 Å². The van der Waals surface area contributed by atoms with Gasteiger partial charge in [0.05, 0.1) is 41.9 Å². The first-order valence-electron chi connectivity index (χ1n) is 12.0. The molecule has 0 bridgehead atoms. The van der Waals surface area contributed by atoms with Crippen LogP contribution in [0.5, 0.6) is 5.75 Å². The van der Waals surface area contributed by atoms with E-state index in [0.29, 0.717) is 0 Å². The lowest BCUT2D eigenvalue weighted by molar-refractivity contribution is -0.384. The molecule has 1 aromatic rings. The fourth-order valence-corrected chi connectivity index (χ4v) is 4.48. The minimum absolute atomic E-state index is 0.0461. The molecule has 3 unspecified atom stereocenters. The molecule has 2 aliphatic rings. The minimum Gasteiger partial charge on any atom is -0.477 e. The third kappa shape index (κ3) is 6.75. The fraction of sp³-hybridized carbons (Fsp3) is 0.667. The summed E-state index contributed by atoms with van der Waals surface area (Å²) in [7, 11) is 0. The van der Waals surface area contributed by atoms with E-state index >= 15 is 0 Å². The second-order valence-corrected chi connectivity index (χ2v) is 9.20. The summed E-state index contributed by atoms with van der Waals surface area (Å²) in [4.78, 5) is 27.9. The van der Waals surface area contributed by atoms with Gasteiger partial charge in [0, 0.05) is 28.4 Å². The Morgan fingerprint density at radius 3 is 2.41 bits per heavy atom. The van der Waals surface area contributed by atoms with Crippen LogP contribution >= 0.6 is 0 Å². The lowest BCUT2D eigenvalue weighted by atomic mass is 9.88. The monoisotopic (exact) mass is 585 g/mol. The normalized spacial score (nSPS) is 34.8. The van der Waals surface area contributed by atoms with Crippen LogP contribution in [0.15, 0.2) is 34.5 Å². The molecule has 20 nitrogen and oxygen atoms in total. The molecule has 2 fully saturated rings. The molecule has 0 aliphatic carbocycles. The van der Waals surface area contributed by atoms with E-state index in [1.165, 1.54) is 12.1 Å². The molecule has 3 rings (SSSR count). The van der Waals surface area contributed by atoms with Crippen molar-refractivity contribution < 1.29 is 59.3 Å². The van der Waals surface area contributed by atoms with Crippen LogP contribution in [0.1, 0.15) is 13.3 Å². The summed E-state index contributed by atoms with van der Waals surface area (Å²) in [5.74, 6) is -4.83. The molecule has 0 spiro atoms. The molecule has 224 valence electrons. The Morgan fingerprint density at radius 1 is 1.24 bits per heavy atom. The number of nitro benzene ring substituents is 1. The maximum Gasteiger partial charge on any atom is 0.364 e. The first kappa shape index (κ1) is 31.7. The highest BCUT2D eigenvalue weighted by Crippen LogP contribution is 2.39. The lowest BCUT2D eigenvalue weighted by Crippen LogP contribution is -2.68. The van der Waals surface area contributed by atoms with Gasteiger partial charge in [-0.15, -0.1) is 0 Å². The van der Waals surface area contributed by atoms with Gasteiger partial charge in [-0.2, -0.15) is 0 Å². The molecule has 41 heavy (non-hydrogen) atoms. The molecule has 6 N–H and O–H groups in total. The van der Waals surface area contributed by atoms with E-state index in [2.05, 4.69) is 20.1 Å². The topological polar surface area (TPSA) is 316 Å². The molecule has 2 saturated heterocycles. The van der Waals surface area contributed by atoms with Crippen molar-refractivity contribution in [1.82, 2.24) is 0 Å². The number of non-ortho nitro benzene ring substituents is 1. The van der Waals surface area contributed by atoms with Gasteiger partial charge >= 0.3 is 5.97 Å². The zero-order chi connectivity index (χ0) is 30.5. The number of aliphatic hydroxyl groups is 5. The molecule has 1 aromatic carbocycles. The van der Waals surface area contributed by atoms with Gasteiger partial charge in [0.2, 0.25) is 6.29 Å². The molecule has 2 aliphatic heterocycles. The van der Waals surface area contributed by atoms with Crippen molar-refractivity contribution in [2.75, 3.05) is 6.61 Å². The molecular formula is C21H27N7O13. The summed E-state index contributed by atoms with van der Waals surface area (Å²) in [6, 6.07) is 1.38. The Morgan fingerprint density at radius 2 is 1.90 bits per heavy atom. The van der Waals surface area contributed by atoms with E-state index in [-0.39, 0.29) is 11.4 Å². The van der Waals surface area contributed by atoms with Gasteiger partial charge in [-0.1, -0.05) is 10.2 Å². The quantitative estimate of drug-likeness (QED) is 0.0626. The number of nitro groups is 1. The second-order valence-electron chi connectivity index (χ2n) is 9.20. The van der Waals surface area contributed by atoms with Crippen molar-refractivity contribution in [1.29, 1.82) is 0 Å². The van der Waals surface area contributed by atoms with Gasteiger partial charge in [0.15, 0.2) is 0 Å². The zero-order valence-electron chi connectivity index (χ0n) is 21.2. The van der Waals surface area contributed by atoms with Gasteiger partial charge in [0.1, 0.15) is 30.2 Å². The SMILES string of the molecule is C[C@@H](O)[C@@H](N=[N+]=[N-])C1O[C@@](O[C@@H]2C(O)[C@H](Oc3ccc([N+](=O)[O-])cc3)OC(CO)[C@@H]2O)(C(=O)O)C[C@@H](O)[C@H]1N=[N+]=[N-]. The number of hydrogen-bond acceptors (Lipinski definition) is 14. The average molecular weight is 585 g/mol. The molecule has 20 heteroatoms. The Balaban J connectivity index is 1.97. The molecule has 11 atom stereocenters. The molecule has 2 heterocycles. The number of aliphatic carboxylic acids is 1. The Labute approximate surface area is 229 Å². The summed E-state index contributed by atoms with van der Waals surface area (Å²) in [5, 5.41) is 80.2. The summed E-state index contributed by atoms with van der Waals surface area (Å²) in [5.41, 5.74) is 17.6. The number of ether oxygens (including phenoxy) is 4. The first-order chi connectivity index (χ1) is 19.4. The van der Waals surface area contributed by atoms with Crippen LogP contribution in [0.4, 0.5) is 5.69 Å². The molecule has 0 radical (unpaired) electrons. The van der Waals surface area contributed by atoms with Crippen LogP contribution in [0, 0.1) is 10.1 Å². The van der Waals surface area contributed by atoms with Crippen molar-refractivity contribution in [2.24, 2.45) is 10.2 Å². The van der Waals surface area contributed by atoms with E-state index < -0.39 is 90.8 Å². The third-order valence-corrected chi connectivity index (χ3v) is 6.51. The highest BCUT2D eigenvalue weighted by molar-refractivity contribution is 5.76. The maximum atomic E-state index is 12.5. The Hall–Kier alpha value is -3.81. The van der Waals surface area contributed by atoms with Crippen molar-refractivity contribution in [3.05, 3.63) is 55.3 Å². The third-order valence-electron chi connectivity index (χ3n) is 6.51. The van der Waals surface area contributed by atoms with Crippen molar-refractivity contribution in [3.63, 3.8) is 0 Å². The largest absolute Gasteiger partial charge is 0.477 e. The van der Waals surface area contributed by atoms with Crippen LogP contribution in [0.2, 0.25) is 0 Å². The number of rotatable bonds is 11. The van der Waals surface area contributed by atoms with Gasteiger partial charge in [0.25, 0.3) is 11.5 Å². The fourth-order valence-electron chi connectivity index (χ4n) is 4.48. The number of benzene rings is 1. The van der Waals surface area contributed by atoms with Crippen molar-refractivity contribution in [3.8, 4) is 5.75 Å². The van der Waals surface area contributed by atoms with E-state index in [1.54, 1.807) is 0 Å². The summed E-state index contributed by atoms with van der Waals surface area (Å²) >= 11 is 0. The number of aliphatic hydroxyl groups excluding tert-OH is 5. The molecule has 0 amide bonds. The van der Waals surface area contributed by atoms with Crippen molar-refractivity contribution >= 4 is 11.7 Å². The standard InChI is InChI=1S/C21H27N7O13/c1-8(30)13(24-26-22)17-14(25-27-23)11(31)6-21(40-17,20(34)35)41-18-15(32)12(7-29)39-19(16(18)33)38-10-4-2-9(3-5-10)28(36)37/h2-5,8,11-19,29-33H,6-7H2,1H3,(H,34,35)/t8-,11-,12?,13-,14-,15+,16?,17?,18+,19-,21+/m1/s1. The van der Waals surface area contributed by atoms with Crippen LogP contribution in [0.25, 0.3) is 20.9 Å². The van der Waals surface area contributed by atoms with Crippen LogP contribution in [-0.4, -0.2) is 115 Å². The first-order valence-corrected chi connectivity index (χ1v) is 12.0. The molecule has 0 aromatic heterocycles. The predicted molar refractivity (Wildman–Crippen MR) is 130 cm³/mol. The highest BCUT2D eigenvalue weighted by Gasteiger charge is 2.59. The van der Waals surface area contributed by atoms with E-state index in [4.69, 9.17) is 30.0 Å². The number of carboxylic acid groups (broad SMARTS) is 1. The van der Waals surface area contributed by atoms with Gasteiger partial charge in [-0.05, 0) is 30.1 Å². The highest BCUT2D eigenvalue weighted by atomic mass is 16.7. The second kappa shape index (κ2) is 13.2. The number of azide groups is 2. The minimum atomic E-state index is -2.90. The summed E-state index contributed by atoms with van der Waals surface area (Å²) in [6.07, 6.45) is -15.1. The number of carbonyl (C=O) groups is 1. The molecular weight excluding hydrogens is 558 g/mol. The number of hydrogen-bond donors (Lipinski definition) is 6. The average Bonchev–Trinajstić information content (AvgIpc) is 2.92. The predicted octanol–water partition coefficient (Wildman–Crippen LogP) is -0.533. The Kier molecular flexibility index (Phi) is 10.2. The van der Waals surface area contributed by atoms with Crippen LogP contribution in [0.3, 0.4) is 0 Å². The molecule has 0 saturated carbocycles. The van der Waals surface area contributed by atoms with Gasteiger partial charge in [-0.3, -0.25) is 10.1 Å². The van der Waals surface area contributed by atoms with Crippen LogP contribution < -0.4 is 4.74 Å². The van der Waals surface area contributed by atoms with E-state index in [0.717, 1.165) is 19.1 Å². The number of carboxylic acids is 1. The lowest BCUT2D eigenvalue weighted by Gasteiger charge is -2.49. The van der Waals surface area contributed by atoms with Gasteiger partial charge < -0.3 is 49.6 Å². The maximum absolute atomic E-state index is 12.5. The van der Waals surface area contributed by atoms with Crippen molar-refractivity contribution in [2.45, 2.75) is 80.2 Å². The Bertz CT molecular complexity index is 1170. The zero-order valence-corrected chi connectivity index (χ0v) is 21.2.